The zero-order valence-corrected chi connectivity index (χ0v) is 11.7. The number of hydrogen-bond donors (Lipinski definition) is 1. The highest BCUT2D eigenvalue weighted by Gasteiger charge is 2.13. The zero-order valence-electron chi connectivity index (χ0n) is 10.8. The van der Waals surface area contributed by atoms with Gasteiger partial charge in [-0.15, -0.1) is 0 Å². The van der Waals surface area contributed by atoms with Crippen LogP contribution in [0, 0.1) is 0 Å². The molecule has 17 heavy (non-hydrogen) atoms. The standard InChI is InChI=1S/C13H22N2OS/c1-15(12(10-14)7-8-17-3)11-5-4-6-13(9-11)16-2/h4-6,9,12H,7-8,10,14H2,1-3H3. The van der Waals surface area contributed by atoms with Crippen LogP contribution < -0.4 is 15.4 Å². The van der Waals surface area contributed by atoms with Crippen molar-refractivity contribution in [2.75, 3.05) is 37.6 Å². The number of benzene rings is 1. The number of rotatable bonds is 7. The van der Waals surface area contributed by atoms with Crippen LogP contribution in [0.3, 0.4) is 0 Å². The molecule has 0 saturated heterocycles. The van der Waals surface area contributed by atoms with E-state index >= 15 is 0 Å². The summed E-state index contributed by atoms with van der Waals surface area (Å²) in [6.45, 7) is 0.675. The molecular formula is C13H22N2OS. The fraction of sp³-hybridized carbons (Fsp3) is 0.538. The van der Waals surface area contributed by atoms with Gasteiger partial charge in [-0.25, -0.2) is 0 Å². The minimum atomic E-state index is 0.384. The first-order chi connectivity index (χ1) is 8.22. The molecule has 0 aliphatic carbocycles. The Hall–Kier alpha value is -0.870. The van der Waals surface area contributed by atoms with Crippen LogP contribution in [0.4, 0.5) is 5.69 Å². The molecular weight excluding hydrogens is 232 g/mol. The Kier molecular flexibility index (Phi) is 6.22. The third kappa shape index (κ3) is 4.13. The van der Waals surface area contributed by atoms with Crippen LogP contribution in [0.5, 0.6) is 5.75 Å². The minimum absolute atomic E-state index is 0.384. The molecule has 0 aliphatic rings. The Morgan fingerprint density at radius 2 is 2.24 bits per heavy atom. The smallest absolute Gasteiger partial charge is 0.120 e. The van der Waals surface area contributed by atoms with Crippen LogP contribution in [0.15, 0.2) is 24.3 Å². The molecule has 1 unspecified atom stereocenters. The van der Waals surface area contributed by atoms with Crippen molar-refractivity contribution < 1.29 is 4.74 Å². The van der Waals surface area contributed by atoms with Gasteiger partial charge in [-0.3, -0.25) is 0 Å². The summed E-state index contributed by atoms with van der Waals surface area (Å²) in [6, 6.07) is 8.48. The fourth-order valence-corrected chi connectivity index (χ4v) is 2.27. The predicted octanol–water partition coefficient (Wildman–Crippen LogP) is 2.21. The molecule has 96 valence electrons. The highest BCUT2D eigenvalue weighted by atomic mass is 32.2. The van der Waals surface area contributed by atoms with Crippen molar-refractivity contribution in [1.82, 2.24) is 0 Å². The van der Waals surface area contributed by atoms with Crippen LogP contribution in [-0.4, -0.2) is 38.8 Å². The highest BCUT2D eigenvalue weighted by Crippen LogP contribution is 2.22. The third-order valence-corrected chi connectivity index (χ3v) is 3.58. The van der Waals surface area contributed by atoms with E-state index in [9.17, 15) is 0 Å². The Balaban J connectivity index is 2.74. The average Bonchev–Trinajstić information content (AvgIpc) is 2.39. The maximum atomic E-state index is 5.84. The summed E-state index contributed by atoms with van der Waals surface area (Å²) in [5.74, 6) is 2.02. The molecule has 0 amide bonds. The molecule has 0 radical (unpaired) electrons. The van der Waals surface area contributed by atoms with E-state index in [1.54, 1.807) is 7.11 Å². The average molecular weight is 254 g/mol. The van der Waals surface area contributed by atoms with Crippen molar-refractivity contribution in [2.24, 2.45) is 5.73 Å². The van der Waals surface area contributed by atoms with E-state index in [0.717, 1.165) is 23.6 Å². The van der Waals surface area contributed by atoms with Gasteiger partial charge in [0.05, 0.1) is 7.11 Å². The van der Waals surface area contributed by atoms with Crippen molar-refractivity contribution in [3.8, 4) is 5.75 Å². The molecule has 1 aromatic rings. The second-order valence-electron chi connectivity index (χ2n) is 3.98. The molecule has 0 aliphatic heterocycles. The molecule has 2 N–H and O–H groups in total. The molecule has 1 rings (SSSR count). The first-order valence-electron chi connectivity index (χ1n) is 5.78. The van der Waals surface area contributed by atoms with Gasteiger partial charge >= 0.3 is 0 Å². The Labute approximate surface area is 108 Å². The second-order valence-corrected chi connectivity index (χ2v) is 4.97. The topological polar surface area (TPSA) is 38.5 Å². The van der Waals surface area contributed by atoms with E-state index in [2.05, 4.69) is 24.3 Å². The molecule has 0 heterocycles. The zero-order chi connectivity index (χ0) is 12.7. The number of ether oxygens (including phenoxy) is 1. The first-order valence-corrected chi connectivity index (χ1v) is 7.18. The molecule has 4 heteroatoms. The number of hydrogen-bond acceptors (Lipinski definition) is 4. The van der Waals surface area contributed by atoms with Crippen molar-refractivity contribution in [2.45, 2.75) is 12.5 Å². The van der Waals surface area contributed by atoms with E-state index in [0.29, 0.717) is 12.6 Å². The molecule has 0 fully saturated rings. The summed E-state index contributed by atoms with van der Waals surface area (Å²) in [7, 11) is 3.78. The number of methoxy groups -OCH3 is 1. The molecule has 0 saturated carbocycles. The lowest BCUT2D eigenvalue weighted by Gasteiger charge is -2.29. The fourth-order valence-electron chi connectivity index (χ4n) is 1.76. The normalized spacial score (nSPS) is 12.2. The van der Waals surface area contributed by atoms with E-state index in [1.807, 2.05) is 30.0 Å². The lowest BCUT2D eigenvalue weighted by Crippen LogP contribution is -2.38. The Morgan fingerprint density at radius 1 is 1.47 bits per heavy atom. The number of nitrogens with two attached hydrogens (primary N) is 1. The maximum absolute atomic E-state index is 5.84. The van der Waals surface area contributed by atoms with Crippen molar-refractivity contribution in [1.29, 1.82) is 0 Å². The number of anilines is 1. The molecule has 0 spiro atoms. The molecule has 3 nitrogen and oxygen atoms in total. The summed E-state index contributed by atoms with van der Waals surface area (Å²) in [5, 5.41) is 0. The van der Waals surface area contributed by atoms with Crippen LogP contribution in [0.25, 0.3) is 0 Å². The lowest BCUT2D eigenvalue weighted by atomic mass is 10.1. The summed E-state index contributed by atoms with van der Waals surface area (Å²) in [6.07, 6.45) is 3.23. The highest BCUT2D eigenvalue weighted by molar-refractivity contribution is 7.98. The van der Waals surface area contributed by atoms with E-state index in [-0.39, 0.29) is 0 Å². The van der Waals surface area contributed by atoms with E-state index in [4.69, 9.17) is 10.5 Å². The number of likely N-dealkylation sites (N-methyl/N-ethyl adjacent to an activating group) is 1. The van der Waals surface area contributed by atoms with Gasteiger partial charge < -0.3 is 15.4 Å². The summed E-state index contributed by atoms with van der Waals surface area (Å²) < 4.78 is 5.24. The maximum Gasteiger partial charge on any atom is 0.120 e. The van der Waals surface area contributed by atoms with E-state index < -0.39 is 0 Å². The van der Waals surface area contributed by atoms with Gasteiger partial charge in [-0.1, -0.05) is 6.07 Å². The number of thioether (sulfide) groups is 1. The predicted molar refractivity (Wildman–Crippen MR) is 77.2 cm³/mol. The van der Waals surface area contributed by atoms with Gasteiger partial charge in [-0.05, 0) is 30.6 Å². The van der Waals surface area contributed by atoms with Gasteiger partial charge in [-0.2, -0.15) is 11.8 Å². The Morgan fingerprint density at radius 3 is 2.82 bits per heavy atom. The molecule has 1 aromatic carbocycles. The van der Waals surface area contributed by atoms with Gasteiger partial charge in [0.25, 0.3) is 0 Å². The largest absolute Gasteiger partial charge is 0.497 e. The molecule has 0 aromatic heterocycles. The second kappa shape index (κ2) is 7.45. The first kappa shape index (κ1) is 14.2. The van der Waals surface area contributed by atoms with Crippen LogP contribution in [0.1, 0.15) is 6.42 Å². The third-order valence-electron chi connectivity index (χ3n) is 2.94. The van der Waals surface area contributed by atoms with Crippen molar-refractivity contribution >= 4 is 17.4 Å². The minimum Gasteiger partial charge on any atom is -0.497 e. The van der Waals surface area contributed by atoms with E-state index in [1.165, 1.54) is 0 Å². The molecule has 1 atom stereocenters. The van der Waals surface area contributed by atoms with Crippen LogP contribution in [0.2, 0.25) is 0 Å². The van der Waals surface area contributed by atoms with Gasteiger partial charge in [0.15, 0.2) is 0 Å². The van der Waals surface area contributed by atoms with Gasteiger partial charge in [0.2, 0.25) is 0 Å². The van der Waals surface area contributed by atoms with Crippen molar-refractivity contribution in [3.63, 3.8) is 0 Å². The monoisotopic (exact) mass is 254 g/mol. The summed E-state index contributed by atoms with van der Waals surface area (Å²) in [5.41, 5.74) is 6.99. The lowest BCUT2D eigenvalue weighted by molar-refractivity contribution is 0.414. The SMILES string of the molecule is COc1cccc(N(C)C(CN)CCSC)c1. The van der Waals surface area contributed by atoms with Crippen molar-refractivity contribution in [3.05, 3.63) is 24.3 Å². The summed E-state index contributed by atoms with van der Waals surface area (Å²) >= 11 is 1.86. The Bertz CT molecular complexity index is 333. The van der Waals surface area contributed by atoms with Gasteiger partial charge in [0.1, 0.15) is 5.75 Å². The van der Waals surface area contributed by atoms with Gasteiger partial charge in [0, 0.05) is 31.4 Å². The van der Waals surface area contributed by atoms with Crippen LogP contribution >= 0.6 is 11.8 Å². The summed E-state index contributed by atoms with van der Waals surface area (Å²) in [4.78, 5) is 2.23. The quantitative estimate of drug-likeness (QED) is 0.809. The van der Waals surface area contributed by atoms with Crippen LogP contribution in [-0.2, 0) is 0 Å². The number of nitrogens with zero attached hydrogens (tertiary/aromatic N) is 1. The molecule has 0 bridgehead atoms.